The van der Waals surface area contributed by atoms with Crippen molar-refractivity contribution in [3.8, 4) is 5.75 Å². The molecule has 2 aromatic rings. The third-order valence-corrected chi connectivity index (χ3v) is 6.58. The standard InChI is InChI=1S/C23H26ClN3O3/c1-14-12-18-16(13-17(14)24)23(22(29)25-18,15-8-5-6-10-20(15)30-4)27-11-7-9-19(27)21(28)26(2)3/h5-6,8,10,12-13,19H,7,9,11H2,1-4H3,(H,25,29)/t19-,23?/m0/s1. The fraction of sp³-hybridized carbons (Fsp3) is 0.391. The molecule has 1 unspecified atom stereocenters. The van der Waals surface area contributed by atoms with Crippen molar-refractivity contribution < 1.29 is 14.3 Å². The Morgan fingerprint density at radius 1 is 1.27 bits per heavy atom. The van der Waals surface area contributed by atoms with Crippen LogP contribution >= 0.6 is 11.6 Å². The first kappa shape index (κ1) is 20.7. The van der Waals surface area contributed by atoms with Gasteiger partial charge in [0.1, 0.15) is 5.75 Å². The molecule has 0 spiro atoms. The van der Waals surface area contributed by atoms with Gasteiger partial charge < -0.3 is 15.0 Å². The number of likely N-dealkylation sites (N-methyl/N-ethyl adjacent to an activating group) is 1. The minimum absolute atomic E-state index is 0.0127. The minimum Gasteiger partial charge on any atom is -0.496 e. The van der Waals surface area contributed by atoms with Crippen LogP contribution in [0.3, 0.4) is 0 Å². The van der Waals surface area contributed by atoms with Crippen LogP contribution in [0.4, 0.5) is 5.69 Å². The van der Waals surface area contributed by atoms with Gasteiger partial charge in [0.25, 0.3) is 5.91 Å². The maximum Gasteiger partial charge on any atom is 0.254 e. The molecule has 7 heteroatoms. The van der Waals surface area contributed by atoms with Crippen molar-refractivity contribution in [2.24, 2.45) is 0 Å². The van der Waals surface area contributed by atoms with Crippen LogP contribution in [0.15, 0.2) is 36.4 Å². The van der Waals surface area contributed by atoms with Gasteiger partial charge in [0.15, 0.2) is 5.54 Å². The normalized spacial score (nSPS) is 23.2. The molecule has 1 fully saturated rings. The third kappa shape index (κ3) is 2.89. The van der Waals surface area contributed by atoms with Crippen molar-refractivity contribution in [1.29, 1.82) is 0 Å². The predicted molar refractivity (Wildman–Crippen MR) is 117 cm³/mol. The number of anilines is 1. The Kier molecular flexibility index (Phi) is 5.24. The van der Waals surface area contributed by atoms with Gasteiger partial charge in [-0.15, -0.1) is 0 Å². The number of para-hydroxylation sites is 1. The van der Waals surface area contributed by atoms with Gasteiger partial charge in [-0.1, -0.05) is 29.8 Å². The molecule has 0 bridgehead atoms. The molecule has 158 valence electrons. The minimum atomic E-state index is -1.20. The predicted octanol–water partition coefficient (Wildman–Crippen LogP) is 3.41. The lowest BCUT2D eigenvalue weighted by Gasteiger charge is -2.41. The van der Waals surface area contributed by atoms with Gasteiger partial charge in [-0.3, -0.25) is 14.5 Å². The fourth-order valence-electron chi connectivity index (χ4n) is 4.79. The van der Waals surface area contributed by atoms with Gasteiger partial charge in [-0.05, 0) is 43.5 Å². The quantitative estimate of drug-likeness (QED) is 0.812. The molecular formula is C23H26ClN3O3. The molecule has 0 aliphatic carbocycles. The monoisotopic (exact) mass is 427 g/mol. The van der Waals surface area contributed by atoms with Crippen molar-refractivity contribution in [1.82, 2.24) is 9.80 Å². The van der Waals surface area contributed by atoms with Crippen LogP contribution in [0.5, 0.6) is 5.75 Å². The SMILES string of the molecule is COc1ccccc1C1(N2CCC[C@H]2C(=O)N(C)C)C(=O)Nc2cc(C)c(Cl)cc21. The number of carbonyl (C=O) groups excluding carboxylic acids is 2. The third-order valence-electron chi connectivity index (χ3n) is 6.17. The number of amides is 2. The molecule has 2 aliphatic rings. The van der Waals surface area contributed by atoms with Crippen molar-refractivity contribution in [3.63, 3.8) is 0 Å². The van der Waals surface area contributed by atoms with Gasteiger partial charge in [-0.25, -0.2) is 0 Å². The number of fused-ring (bicyclic) bond motifs is 1. The van der Waals surface area contributed by atoms with Gasteiger partial charge in [0.05, 0.1) is 13.2 Å². The molecule has 2 atom stereocenters. The van der Waals surface area contributed by atoms with E-state index >= 15 is 0 Å². The van der Waals surface area contributed by atoms with E-state index in [1.807, 2.05) is 48.2 Å². The van der Waals surface area contributed by atoms with Crippen LogP contribution in [0.1, 0.15) is 29.5 Å². The van der Waals surface area contributed by atoms with E-state index in [2.05, 4.69) is 5.32 Å². The highest BCUT2D eigenvalue weighted by atomic mass is 35.5. The number of aryl methyl sites for hydroxylation is 1. The molecule has 0 radical (unpaired) electrons. The Bertz CT molecular complexity index is 1020. The summed E-state index contributed by atoms with van der Waals surface area (Å²) >= 11 is 6.52. The number of halogens is 1. The summed E-state index contributed by atoms with van der Waals surface area (Å²) in [6.45, 7) is 2.52. The molecule has 2 amide bonds. The summed E-state index contributed by atoms with van der Waals surface area (Å²) in [5.41, 5.74) is 1.87. The van der Waals surface area contributed by atoms with Crippen LogP contribution in [-0.4, -0.2) is 55.4 Å². The first-order valence-corrected chi connectivity index (χ1v) is 10.4. The zero-order valence-corrected chi connectivity index (χ0v) is 18.4. The number of hydrogen-bond acceptors (Lipinski definition) is 4. The number of nitrogens with zero attached hydrogens (tertiary/aromatic N) is 2. The van der Waals surface area contributed by atoms with Crippen LogP contribution in [-0.2, 0) is 15.1 Å². The molecule has 4 rings (SSSR count). The number of benzene rings is 2. The van der Waals surface area contributed by atoms with Crippen LogP contribution in [0, 0.1) is 6.92 Å². The van der Waals surface area contributed by atoms with E-state index < -0.39 is 11.6 Å². The van der Waals surface area contributed by atoms with Gasteiger partial charge >= 0.3 is 0 Å². The summed E-state index contributed by atoms with van der Waals surface area (Å²) in [6, 6.07) is 10.8. The number of likely N-dealkylation sites (tertiary alicyclic amines) is 1. The lowest BCUT2D eigenvalue weighted by molar-refractivity contribution is -0.138. The van der Waals surface area contributed by atoms with E-state index in [0.717, 1.165) is 23.2 Å². The van der Waals surface area contributed by atoms with Crippen molar-refractivity contribution in [2.45, 2.75) is 31.3 Å². The van der Waals surface area contributed by atoms with Crippen molar-refractivity contribution >= 4 is 29.1 Å². The van der Waals surface area contributed by atoms with Crippen molar-refractivity contribution in [2.75, 3.05) is 33.1 Å². The molecule has 2 aromatic carbocycles. The Balaban J connectivity index is 2.03. The van der Waals surface area contributed by atoms with Gasteiger partial charge in [0, 0.05) is 42.5 Å². The van der Waals surface area contributed by atoms with Gasteiger partial charge in [0.2, 0.25) is 5.91 Å². The highest BCUT2D eigenvalue weighted by Gasteiger charge is 2.58. The van der Waals surface area contributed by atoms with Crippen molar-refractivity contribution in [3.05, 3.63) is 58.1 Å². The Morgan fingerprint density at radius 2 is 2.00 bits per heavy atom. The zero-order chi connectivity index (χ0) is 21.6. The maximum atomic E-state index is 13.8. The summed E-state index contributed by atoms with van der Waals surface area (Å²) in [5.74, 6) is 0.392. The second kappa shape index (κ2) is 7.60. The first-order valence-electron chi connectivity index (χ1n) is 10.1. The highest BCUT2D eigenvalue weighted by molar-refractivity contribution is 6.31. The topological polar surface area (TPSA) is 61.9 Å². The average molecular weight is 428 g/mol. The van der Waals surface area contributed by atoms with Crippen LogP contribution in [0.25, 0.3) is 0 Å². The summed E-state index contributed by atoms with van der Waals surface area (Å²) in [6.07, 6.45) is 1.51. The fourth-order valence-corrected chi connectivity index (χ4v) is 4.96. The second-order valence-electron chi connectivity index (χ2n) is 8.10. The second-order valence-corrected chi connectivity index (χ2v) is 8.50. The number of rotatable bonds is 4. The number of nitrogens with one attached hydrogen (secondary N) is 1. The summed E-state index contributed by atoms with van der Waals surface area (Å²) in [5, 5.41) is 3.63. The Morgan fingerprint density at radius 3 is 2.70 bits per heavy atom. The molecular weight excluding hydrogens is 402 g/mol. The van der Waals surface area contributed by atoms with E-state index in [9.17, 15) is 9.59 Å². The Labute approximate surface area is 181 Å². The smallest absolute Gasteiger partial charge is 0.254 e. The lowest BCUT2D eigenvalue weighted by atomic mass is 9.80. The average Bonchev–Trinajstić information content (AvgIpc) is 3.30. The summed E-state index contributed by atoms with van der Waals surface area (Å²) in [7, 11) is 5.09. The number of hydrogen-bond donors (Lipinski definition) is 1. The molecule has 6 nitrogen and oxygen atoms in total. The molecule has 1 N–H and O–H groups in total. The molecule has 30 heavy (non-hydrogen) atoms. The largest absolute Gasteiger partial charge is 0.496 e. The molecule has 2 heterocycles. The highest BCUT2D eigenvalue weighted by Crippen LogP contribution is 2.51. The summed E-state index contributed by atoms with van der Waals surface area (Å²) < 4.78 is 5.67. The zero-order valence-electron chi connectivity index (χ0n) is 17.7. The van der Waals surface area contributed by atoms with E-state index in [1.54, 1.807) is 26.1 Å². The van der Waals surface area contributed by atoms with E-state index in [-0.39, 0.29) is 11.8 Å². The maximum absolute atomic E-state index is 13.8. The molecule has 1 saturated heterocycles. The van der Waals surface area contributed by atoms with E-state index in [1.165, 1.54) is 0 Å². The number of ether oxygens (including phenoxy) is 1. The first-order chi connectivity index (χ1) is 14.3. The molecule has 2 aliphatic heterocycles. The molecule has 0 saturated carbocycles. The molecule has 0 aromatic heterocycles. The van der Waals surface area contributed by atoms with E-state index in [4.69, 9.17) is 16.3 Å². The number of methoxy groups -OCH3 is 1. The number of carbonyl (C=O) groups is 2. The lowest BCUT2D eigenvalue weighted by Crippen LogP contribution is -2.57. The van der Waals surface area contributed by atoms with Gasteiger partial charge in [-0.2, -0.15) is 0 Å². The van der Waals surface area contributed by atoms with Crippen LogP contribution < -0.4 is 10.1 Å². The van der Waals surface area contributed by atoms with Crippen LogP contribution in [0.2, 0.25) is 5.02 Å². The van der Waals surface area contributed by atoms with E-state index in [0.29, 0.717) is 29.3 Å². The Hall–Kier alpha value is -2.57. The summed E-state index contributed by atoms with van der Waals surface area (Å²) in [4.78, 5) is 30.5.